The summed E-state index contributed by atoms with van der Waals surface area (Å²) in [4.78, 5) is 6.41. The molecule has 1 aliphatic rings. The Morgan fingerprint density at radius 3 is 2.41 bits per heavy atom. The number of hydrogen-bond donors (Lipinski definition) is 1. The normalized spacial score (nSPS) is 16.8. The Balaban J connectivity index is 1.40. The smallest absolute Gasteiger partial charge is 0.182 e. The van der Waals surface area contributed by atoms with Crippen LogP contribution < -0.4 is 4.74 Å². The zero-order chi connectivity index (χ0) is 25.7. The van der Waals surface area contributed by atoms with Crippen LogP contribution in [0.25, 0.3) is 11.3 Å². The summed E-state index contributed by atoms with van der Waals surface area (Å²) in [6, 6.07) is 29.7. The van der Waals surface area contributed by atoms with Crippen molar-refractivity contribution in [3.05, 3.63) is 108 Å². The van der Waals surface area contributed by atoms with Crippen molar-refractivity contribution in [2.45, 2.75) is 48.9 Å². The van der Waals surface area contributed by atoms with Gasteiger partial charge < -0.3 is 9.72 Å². The largest absolute Gasteiger partial charge is 0.496 e. The molecule has 192 valence electrons. The molecule has 1 aromatic heterocycles. The molecule has 0 aliphatic carbocycles. The van der Waals surface area contributed by atoms with Crippen LogP contribution in [0.4, 0.5) is 0 Å². The Kier molecular flexibility index (Phi) is 7.77. The van der Waals surface area contributed by atoms with Gasteiger partial charge in [0.2, 0.25) is 0 Å². The van der Waals surface area contributed by atoms with Crippen molar-refractivity contribution in [1.29, 1.82) is 0 Å². The van der Waals surface area contributed by atoms with E-state index in [4.69, 9.17) is 4.74 Å². The third kappa shape index (κ3) is 5.97. The average Bonchev–Trinajstić information content (AvgIpc) is 3.26. The standard InChI is InChI=1S/C31H34N2O3S/c1-36-31-19-17-27(37(34,35)23-24-11-5-2-6-12-24)21-28(31)29-18-16-26(32-29)22-33-20-10-4-9-15-30(33)25-13-7-3-8-14-25/h2-3,5-8,11-14,16-19,21,30,32H,4,9-10,15,20,22-23H2,1H3. The lowest BCUT2D eigenvalue weighted by atomic mass is 10.0. The zero-order valence-corrected chi connectivity index (χ0v) is 22.1. The van der Waals surface area contributed by atoms with Gasteiger partial charge in [0.25, 0.3) is 0 Å². The molecule has 1 N–H and O–H groups in total. The number of H-pyrrole nitrogens is 1. The summed E-state index contributed by atoms with van der Waals surface area (Å²) in [6.45, 7) is 1.87. The van der Waals surface area contributed by atoms with Gasteiger partial charge in [-0.3, -0.25) is 4.90 Å². The van der Waals surface area contributed by atoms with E-state index in [1.54, 1.807) is 25.3 Å². The van der Waals surface area contributed by atoms with Gasteiger partial charge in [-0.05, 0) is 60.8 Å². The van der Waals surface area contributed by atoms with E-state index in [1.807, 2.05) is 36.4 Å². The maximum absolute atomic E-state index is 13.2. The molecule has 6 heteroatoms. The molecule has 0 radical (unpaired) electrons. The van der Waals surface area contributed by atoms with E-state index in [1.165, 1.54) is 24.8 Å². The predicted molar refractivity (Wildman–Crippen MR) is 148 cm³/mol. The fraction of sp³-hybridized carbons (Fsp3) is 0.290. The van der Waals surface area contributed by atoms with Gasteiger partial charge in [0.1, 0.15) is 5.75 Å². The molecule has 37 heavy (non-hydrogen) atoms. The first-order valence-electron chi connectivity index (χ1n) is 13.0. The SMILES string of the molecule is COc1ccc(S(=O)(=O)Cc2ccccc2)cc1-c1ccc(CN2CCCCCC2c2ccccc2)[nH]1. The molecule has 2 heterocycles. The van der Waals surface area contributed by atoms with Crippen molar-refractivity contribution in [1.82, 2.24) is 9.88 Å². The summed E-state index contributed by atoms with van der Waals surface area (Å²) < 4.78 is 32.0. The van der Waals surface area contributed by atoms with Crippen LogP contribution in [0.1, 0.15) is 48.5 Å². The molecule has 3 aromatic carbocycles. The van der Waals surface area contributed by atoms with E-state index in [0.717, 1.165) is 42.0 Å². The second-order valence-corrected chi connectivity index (χ2v) is 11.7. The molecule has 0 amide bonds. The van der Waals surface area contributed by atoms with Crippen molar-refractivity contribution in [3.8, 4) is 17.0 Å². The van der Waals surface area contributed by atoms with Gasteiger partial charge in [-0.25, -0.2) is 8.42 Å². The summed E-state index contributed by atoms with van der Waals surface area (Å²) in [7, 11) is -1.89. The Morgan fingerprint density at radius 2 is 1.65 bits per heavy atom. The molecule has 5 nitrogen and oxygen atoms in total. The number of nitrogens with zero attached hydrogens (tertiary/aromatic N) is 1. The number of methoxy groups -OCH3 is 1. The first kappa shape index (κ1) is 25.3. The minimum Gasteiger partial charge on any atom is -0.496 e. The van der Waals surface area contributed by atoms with E-state index >= 15 is 0 Å². The average molecular weight is 515 g/mol. The predicted octanol–water partition coefficient (Wildman–Crippen LogP) is 6.78. The summed E-state index contributed by atoms with van der Waals surface area (Å²) in [6.07, 6.45) is 4.86. The van der Waals surface area contributed by atoms with Crippen molar-refractivity contribution >= 4 is 9.84 Å². The highest BCUT2D eigenvalue weighted by Gasteiger charge is 2.24. The molecule has 1 unspecified atom stereocenters. The van der Waals surface area contributed by atoms with E-state index in [0.29, 0.717) is 16.7 Å². The molecule has 1 fully saturated rings. The lowest BCUT2D eigenvalue weighted by Crippen LogP contribution is -2.28. The first-order chi connectivity index (χ1) is 18.0. The third-order valence-corrected chi connectivity index (χ3v) is 8.87. The zero-order valence-electron chi connectivity index (χ0n) is 21.3. The van der Waals surface area contributed by atoms with Gasteiger partial charge in [0, 0.05) is 29.5 Å². The van der Waals surface area contributed by atoms with Crippen LogP contribution in [-0.4, -0.2) is 32.0 Å². The second-order valence-electron chi connectivity index (χ2n) is 9.75. The molecular formula is C31H34N2O3S. The lowest BCUT2D eigenvalue weighted by Gasteiger charge is -2.30. The van der Waals surface area contributed by atoms with Crippen LogP contribution in [0.2, 0.25) is 0 Å². The quantitative estimate of drug-likeness (QED) is 0.281. The van der Waals surface area contributed by atoms with Gasteiger partial charge in [-0.15, -0.1) is 0 Å². The van der Waals surface area contributed by atoms with Crippen LogP contribution in [0, 0.1) is 0 Å². The lowest BCUT2D eigenvalue weighted by molar-refractivity contribution is 0.190. The topological polar surface area (TPSA) is 62.4 Å². The molecule has 0 bridgehead atoms. The van der Waals surface area contributed by atoms with Crippen LogP contribution in [-0.2, 0) is 22.1 Å². The van der Waals surface area contributed by atoms with Crippen LogP contribution in [0.3, 0.4) is 0 Å². The number of nitrogens with one attached hydrogen (secondary N) is 1. The number of hydrogen-bond acceptors (Lipinski definition) is 4. The third-order valence-electron chi connectivity index (χ3n) is 7.19. The van der Waals surface area contributed by atoms with E-state index in [-0.39, 0.29) is 5.75 Å². The van der Waals surface area contributed by atoms with E-state index in [9.17, 15) is 8.42 Å². The van der Waals surface area contributed by atoms with Crippen LogP contribution in [0.15, 0.2) is 95.9 Å². The van der Waals surface area contributed by atoms with Gasteiger partial charge in [0.05, 0.1) is 17.8 Å². The number of sulfone groups is 1. The molecule has 1 aliphatic heterocycles. The summed E-state index contributed by atoms with van der Waals surface area (Å²) in [5.41, 5.74) is 4.85. The second kappa shape index (κ2) is 11.4. The highest BCUT2D eigenvalue weighted by molar-refractivity contribution is 7.90. The summed E-state index contributed by atoms with van der Waals surface area (Å²) in [5, 5.41) is 0. The highest BCUT2D eigenvalue weighted by Crippen LogP contribution is 2.34. The van der Waals surface area contributed by atoms with E-state index in [2.05, 4.69) is 46.3 Å². The van der Waals surface area contributed by atoms with Crippen LogP contribution >= 0.6 is 0 Å². The minimum atomic E-state index is -3.50. The Morgan fingerprint density at radius 1 is 0.892 bits per heavy atom. The number of benzene rings is 3. The Bertz CT molecular complexity index is 1420. The van der Waals surface area contributed by atoms with Gasteiger partial charge in [-0.1, -0.05) is 73.5 Å². The monoisotopic (exact) mass is 514 g/mol. The number of ether oxygens (including phenoxy) is 1. The van der Waals surface area contributed by atoms with E-state index < -0.39 is 9.84 Å². The first-order valence-corrected chi connectivity index (χ1v) is 14.6. The summed E-state index contributed by atoms with van der Waals surface area (Å²) >= 11 is 0. The number of aromatic nitrogens is 1. The minimum absolute atomic E-state index is 0.0363. The maximum atomic E-state index is 13.2. The number of aromatic amines is 1. The molecule has 1 saturated heterocycles. The number of rotatable bonds is 8. The fourth-order valence-electron chi connectivity index (χ4n) is 5.29. The van der Waals surface area contributed by atoms with Crippen molar-refractivity contribution in [2.75, 3.05) is 13.7 Å². The molecule has 0 saturated carbocycles. The molecule has 1 atom stereocenters. The molecular weight excluding hydrogens is 480 g/mol. The van der Waals surface area contributed by atoms with Crippen molar-refractivity contribution < 1.29 is 13.2 Å². The Labute approximate surface area is 220 Å². The molecule has 5 rings (SSSR count). The summed E-state index contributed by atoms with van der Waals surface area (Å²) in [5.74, 6) is 0.606. The molecule has 0 spiro atoms. The van der Waals surface area contributed by atoms with Gasteiger partial charge in [0.15, 0.2) is 9.84 Å². The van der Waals surface area contributed by atoms with Crippen molar-refractivity contribution in [2.24, 2.45) is 0 Å². The Hall–Kier alpha value is -3.35. The number of likely N-dealkylation sites (tertiary alicyclic amines) is 1. The highest BCUT2D eigenvalue weighted by atomic mass is 32.2. The van der Waals surface area contributed by atoms with Crippen LogP contribution in [0.5, 0.6) is 5.75 Å². The van der Waals surface area contributed by atoms with Crippen molar-refractivity contribution in [3.63, 3.8) is 0 Å². The molecule has 4 aromatic rings. The van der Waals surface area contributed by atoms with Gasteiger partial charge >= 0.3 is 0 Å². The van der Waals surface area contributed by atoms with Gasteiger partial charge in [-0.2, -0.15) is 0 Å². The maximum Gasteiger partial charge on any atom is 0.182 e. The fourth-order valence-corrected chi connectivity index (χ4v) is 6.66.